The van der Waals surface area contributed by atoms with Crippen molar-refractivity contribution < 1.29 is 27.1 Å². The van der Waals surface area contributed by atoms with Crippen LogP contribution in [0.1, 0.15) is 54.8 Å². The molecule has 13 heteroatoms. The maximum absolute atomic E-state index is 15.5. The molecule has 0 spiro atoms. The van der Waals surface area contributed by atoms with Crippen molar-refractivity contribution >= 4 is 44.8 Å². The quantitative estimate of drug-likeness (QED) is 0.170. The smallest absolute Gasteiger partial charge is 0.271 e. The van der Waals surface area contributed by atoms with Gasteiger partial charge < -0.3 is 18.8 Å². The summed E-state index contributed by atoms with van der Waals surface area (Å²) < 4.78 is 47.0. The average Bonchev–Trinajstić information content (AvgIpc) is 3.81. The van der Waals surface area contributed by atoms with E-state index in [0.717, 1.165) is 22.8 Å². The summed E-state index contributed by atoms with van der Waals surface area (Å²) in [5.74, 6) is 0.601. The van der Waals surface area contributed by atoms with E-state index in [4.69, 9.17) is 37.1 Å². The largest absolute Gasteiger partial charge is 0.497 e. The summed E-state index contributed by atoms with van der Waals surface area (Å²) in [4.78, 5) is 24.1. The second kappa shape index (κ2) is 13.1. The van der Waals surface area contributed by atoms with Crippen LogP contribution < -0.4 is 13.8 Å². The number of carbonyl (C=O) groups excluding carboxylic acids is 1. The topological polar surface area (TPSA) is 105 Å². The molecule has 2 aliphatic rings. The molecular weight excluding hydrogens is 663 g/mol. The van der Waals surface area contributed by atoms with Crippen LogP contribution in [0.5, 0.6) is 11.5 Å². The van der Waals surface area contributed by atoms with Crippen molar-refractivity contribution in [3.8, 4) is 11.5 Å². The molecule has 248 valence electrons. The molecule has 0 saturated carbocycles. The number of carbonyl (C=O) groups is 1. The lowest BCUT2D eigenvalue weighted by Crippen LogP contribution is -2.54. The Bertz CT molecular complexity index is 1890. The van der Waals surface area contributed by atoms with Crippen molar-refractivity contribution in [3.05, 3.63) is 99.7 Å². The molecule has 3 heterocycles. The van der Waals surface area contributed by atoms with Crippen molar-refractivity contribution in [2.45, 2.75) is 49.2 Å². The number of hydrogen-bond donors (Lipinski definition) is 0. The zero-order valence-electron chi connectivity index (χ0n) is 26.6. The first-order chi connectivity index (χ1) is 22.6. The van der Waals surface area contributed by atoms with Crippen LogP contribution in [0.2, 0.25) is 10.0 Å². The molecule has 6 rings (SSSR count). The Morgan fingerprint density at radius 2 is 1.79 bits per heavy atom. The number of methoxy groups -OCH3 is 2. The summed E-state index contributed by atoms with van der Waals surface area (Å²) in [6, 6.07) is 14.2. The number of nitrogens with zero attached hydrogens (tertiary/aromatic N) is 4. The number of rotatable bonds is 11. The Hall–Kier alpha value is -3.61. The molecule has 1 saturated heterocycles. The number of oxazole rings is 1. The van der Waals surface area contributed by atoms with E-state index < -0.39 is 27.5 Å². The highest BCUT2D eigenvalue weighted by Crippen LogP contribution is 2.57. The molecule has 3 aromatic carbocycles. The molecule has 47 heavy (non-hydrogen) atoms. The molecule has 0 N–H and O–H groups in total. The van der Waals surface area contributed by atoms with Crippen LogP contribution in [0.15, 0.2) is 76.4 Å². The lowest BCUT2D eigenvalue weighted by Gasteiger charge is -2.41. The number of likely N-dealkylation sites (tertiary alicyclic amines) is 1. The summed E-state index contributed by atoms with van der Waals surface area (Å²) in [5, 5.41) is 0.285. The third-order valence-electron chi connectivity index (χ3n) is 8.87. The Morgan fingerprint density at radius 3 is 2.45 bits per heavy atom. The van der Waals surface area contributed by atoms with Crippen molar-refractivity contribution in [2.24, 2.45) is 0 Å². The van der Waals surface area contributed by atoms with Gasteiger partial charge in [-0.15, -0.1) is 0 Å². The van der Waals surface area contributed by atoms with Gasteiger partial charge in [-0.2, -0.15) is 0 Å². The standard InChI is InChI=1S/C34H36Cl2N4O6S/c1-5-15-38(2)21-22-8-13-31(45-4)26(18-22)34(39-16-6-7-29(39)32-37-14-17-46-32)25-19-27(35)28(36)20-30(25)40(33(34)41)47(42,43)24-11-9-23(44-3)10-12-24/h8-14,17-20,29H,5-7,15-16,21H2,1-4H3. The first-order valence-corrected chi connectivity index (χ1v) is 17.5. The third kappa shape index (κ3) is 5.57. The van der Waals surface area contributed by atoms with Crippen LogP contribution >= 0.6 is 23.2 Å². The number of anilines is 1. The van der Waals surface area contributed by atoms with E-state index in [2.05, 4.69) is 16.8 Å². The first kappa shape index (κ1) is 33.3. The molecule has 1 amide bonds. The minimum atomic E-state index is -4.48. The van der Waals surface area contributed by atoms with Crippen molar-refractivity contribution in [3.63, 3.8) is 0 Å². The Morgan fingerprint density at radius 1 is 1.04 bits per heavy atom. The van der Waals surface area contributed by atoms with Gasteiger partial charge in [-0.05, 0) is 86.9 Å². The molecule has 4 aromatic rings. The van der Waals surface area contributed by atoms with Gasteiger partial charge in [0, 0.05) is 24.2 Å². The van der Waals surface area contributed by atoms with E-state index in [1.807, 2.05) is 30.1 Å². The van der Waals surface area contributed by atoms with E-state index >= 15 is 4.79 Å². The van der Waals surface area contributed by atoms with E-state index in [1.54, 1.807) is 12.3 Å². The van der Waals surface area contributed by atoms with Gasteiger partial charge in [0.15, 0.2) is 5.54 Å². The molecule has 10 nitrogen and oxygen atoms in total. The molecular formula is C34H36Cl2N4O6S. The minimum absolute atomic E-state index is 0.0907. The maximum atomic E-state index is 15.5. The van der Waals surface area contributed by atoms with Gasteiger partial charge in [-0.3, -0.25) is 9.69 Å². The molecule has 1 aromatic heterocycles. The highest BCUT2D eigenvalue weighted by atomic mass is 35.5. The fraction of sp³-hybridized carbons (Fsp3) is 0.353. The van der Waals surface area contributed by atoms with Gasteiger partial charge in [0.2, 0.25) is 5.89 Å². The number of sulfonamides is 1. The Kier molecular flexibility index (Phi) is 9.30. The second-order valence-corrected chi connectivity index (χ2v) is 14.3. The molecule has 2 aliphatic heterocycles. The minimum Gasteiger partial charge on any atom is -0.497 e. The Labute approximate surface area is 284 Å². The summed E-state index contributed by atoms with van der Waals surface area (Å²) >= 11 is 13.3. The number of ether oxygens (including phenoxy) is 2. The lowest BCUT2D eigenvalue weighted by molar-refractivity contribution is -0.127. The van der Waals surface area contributed by atoms with Gasteiger partial charge >= 0.3 is 0 Å². The van der Waals surface area contributed by atoms with Gasteiger partial charge in [0.05, 0.1) is 47.1 Å². The zero-order valence-corrected chi connectivity index (χ0v) is 28.9. The summed E-state index contributed by atoms with van der Waals surface area (Å²) in [6.45, 7) is 4.01. The van der Waals surface area contributed by atoms with E-state index in [1.165, 1.54) is 50.8 Å². The molecule has 0 aliphatic carbocycles. The third-order valence-corrected chi connectivity index (χ3v) is 11.3. The fourth-order valence-electron chi connectivity index (χ4n) is 6.88. The summed E-state index contributed by atoms with van der Waals surface area (Å²) in [6.07, 6.45) is 5.35. The number of benzene rings is 3. The van der Waals surface area contributed by atoms with Gasteiger partial charge in [0.25, 0.3) is 15.9 Å². The van der Waals surface area contributed by atoms with Gasteiger partial charge in [-0.25, -0.2) is 17.7 Å². The maximum Gasteiger partial charge on any atom is 0.271 e. The van der Waals surface area contributed by atoms with E-state index in [9.17, 15) is 8.42 Å². The summed E-state index contributed by atoms with van der Waals surface area (Å²) in [5.41, 5.74) is 0.161. The number of amides is 1. The molecule has 0 radical (unpaired) electrons. The Balaban J connectivity index is 1.67. The number of fused-ring (bicyclic) bond motifs is 1. The predicted molar refractivity (Wildman–Crippen MR) is 180 cm³/mol. The monoisotopic (exact) mass is 698 g/mol. The van der Waals surface area contributed by atoms with Crippen LogP contribution in [0, 0.1) is 0 Å². The second-order valence-electron chi connectivity index (χ2n) is 11.7. The number of hydrogen-bond acceptors (Lipinski definition) is 9. The van der Waals surface area contributed by atoms with Crippen LogP contribution in [0.4, 0.5) is 5.69 Å². The first-order valence-electron chi connectivity index (χ1n) is 15.3. The molecule has 2 unspecified atom stereocenters. The lowest BCUT2D eigenvalue weighted by atomic mass is 9.80. The summed E-state index contributed by atoms with van der Waals surface area (Å²) in [7, 11) is 0.576. The normalized spacial score (nSPS) is 19.9. The SMILES string of the molecule is CCCN(C)Cc1ccc(OC)c(C2(N3CCCC3c3ncco3)C(=O)N(S(=O)(=O)c3ccc(OC)cc3)c3cc(Cl)c(Cl)cc32)c1. The molecule has 1 fully saturated rings. The predicted octanol–water partition coefficient (Wildman–Crippen LogP) is 6.66. The van der Waals surface area contributed by atoms with Gasteiger partial charge in [0.1, 0.15) is 17.8 Å². The van der Waals surface area contributed by atoms with Crippen molar-refractivity contribution in [2.75, 3.05) is 38.7 Å². The van der Waals surface area contributed by atoms with Crippen LogP contribution in [0.3, 0.4) is 0 Å². The van der Waals surface area contributed by atoms with Gasteiger partial charge in [-0.1, -0.05) is 36.2 Å². The fourth-order valence-corrected chi connectivity index (χ4v) is 8.66. The van der Waals surface area contributed by atoms with Crippen LogP contribution in [-0.4, -0.2) is 63.5 Å². The number of halogens is 2. The molecule has 0 bridgehead atoms. The number of aromatic nitrogens is 1. The highest BCUT2D eigenvalue weighted by Gasteiger charge is 2.63. The van der Waals surface area contributed by atoms with Crippen LogP contribution in [0.25, 0.3) is 0 Å². The zero-order chi connectivity index (χ0) is 33.5. The van der Waals surface area contributed by atoms with Crippen LogP contribution in [-0.2, 0) is 26.9 Å². The van der Waals surface area contributed by atoms with Crippen molar-refractivity contribution in [1.29, 1.82) is 0 Å². The van der Waals surface area contributed by atoms with E-state index in [0.29, 0.717) is 54.4 Å². The van der Waals surface area contributed by atoms with E-state index in [-0.39, 0.29) is 20.6 Å². The average molecular weight is 700 g/mol. The highest BCUT2D eigenvalue weighted by molar-refractivity contribution is 7.93. The molecule has 2 atom stereocenters. The van der Waals surface area contributed by atoms with Crippen molar-refractivity contribution in [1.82, 2.24) is 14.8 Å².